The number of hydrogen-bond donors (Lipinski definition) is 2. The highest BCUT2D eigenvalue weighted by molar-refractivity contribution is 5.98. The smallest absolute Gasteiger partial charge is 0.291 e. The van der Waals surface area contributed by atoms with Gasteiger partial charge in [0.25, 0.3) is 11.8 Å². The molecule has 2 heterocycles. The Morgan fingerprint density at radius 1 is 0.929 bits per heavy atom. The second-order valence-corrected chi connectivity index (χ2v) is 5.65. The van der Waals surface area contributed by atoms with Gasteiger partial charge in [-0.1, -0.05) is 35.5 Å². The van der Waals surface area contributed by atoms with Gasteiger partial charge in [-0.2, -0.15) is 0 Å². The van der Waals surface area contributed by atoms with E-state index in [1.165, 1.54) is 17.1 Å². The number of nitrogens with zero attached hydrogens (tertiary/aromatic N) is 5. The maximum absolute atomic E-state index is 12.2. The van der Waals surface area contributed by atoms with Crippen LogP contribution in [0.15, 0.2) is 71.5 Å². The van der Waals surface area contributed by atoms with Crippen LogP contribution < -0.4 is 10.9 Å². The average molecular weight is 375 g/mol. The summed E-state index contributed by atoms with van der Waals surface area (Å²) < 4.78 is 6.63. The number of aromatic nitrogens is 5. The second kappa shape index (κ2) is 7.50. The summed E-state index contributed by atoms with van der Waals surface area (Å²) in [6, 6.07) is 17.3. The number of hydrazine groups is 1. The Morgan fingerprint density at radius 3 is 2.39 bits per heavy atom. The molecule has 0 unspecified atom stereocenters. The minimum atomic E-state index is -0.593. The fourth-order valence-corrected chi connectivity index (χ4v) is 2.42. The van der Waals surface area contributed by atoms with Crippen molar-refractivity contribution in [2.45, 2.75) is 0 Å². The van der Waals surface area contributed by atoms with Gasteiger partial charge in [-0.05, 0) is 34.7 Å². The third kappa shape index (κ3) is 3.60. The molecular formula is C18H13N7O3. The summed E-state index contributed by atoms with van der Waals surface area (Å²) in [7, 11) is 0. The van der Waals surface area contributed by atoms with Crippen LogP contribution in [-0.2, 0) is 0 Å². The maximum Gasteiger partial charge on any atom is 0.291 e. The van der Waals surface area contributed by atoms with E-state index in [-0.39, 0.29) is 5.69 Å². The fraction of sp³-hybridized carbons (Fsp3) is 0. The Hall–Kier alpha value is -4.34. The summed E-state index contributed by atoms with van der Waals surface area (Å²) in [5.74, 6) is -0.622. The molecule has 0 atom stereocenters. The predicted octanol–water partition coefficient (Wildman–Crippen LogP) is 1.39. The third-order valence-corrected chi connectivity index (χ3v) is 3.83. The number of amides is 2. The largest absolute Gasteiger partial charge is 0.355 e. The van der Waals surface area contributed by atoms with Crippen molar-refractivity contribution in [3.05, 3.63) is 78.2 Å². The van der Waals surface area contributed by atoms with Crippen molar-refractivity contribution < 1.29 is 14.1 Å². The maximum atomic E-state index is 12.2. The van der Waals surface area contributed by atoms with Gasteiger partial charge in [0.05, 0.1) is 5.69 Å². The van der Waals surface area contributed by atoms with Crippen LogP contribution in [0.5, 0.6) is 0 Å². The highest BCUT2D eigenvalue weighted by Gasteiger charge is 2.15. The van der Waals surface area contributed by atoms with Gasteiger partial charge >= 0.3 is 0 Å². The topological polar surface area (TPSA) is 128 Å². The van der Waals surface area contributed by atoms with Crippen LogP contribution in [0.4, 0.5) is 0 Å². The van der Waals surface area contributed by atoms with Crippen molar-refractivity contribution in [3.8, 4) is 17.0 Å². The standard InChI is InChI=1S/C18H13N7O3/c26-17(13-6-8-14(9-7-13)25-11-19-23-24-25)20-21-18(27)15-10-16(28-22-15)12-4-2-1-3-5-12/h1-11H,(H,20,26)(H,21,27). The molecule has 0 aliphatic carbocycles. The Labute approximate surface area is 158 Å². The Morgan fingerprint density at radius 2 is 1.68 bits per heavy atom. The van der Waals surface area contributed by atoms with Gasteiger partial charge in [0, 0.05) is 17.2 Å². The zero-order valence-electron chi connectivity index (χ0n) is 14.3. The van der Waals surface area contributed by atoms with Gasteiger partial charge in [0.15, 0.2) is 11.5 Å². The molecule has 0 radical (unpaired) electrons. The zero-order valence-corrected chi connectivity index (χ0v) is 14.3. The summed E-state index contributed by atoms with van der Waals surface area (Å²) in [5, 5.41) is 14.6. The lowest BCUT2D eigenvalue weighted by atomic mass is 10.1. The number of carbonyl (C=O) groups is 2. The van der Waals surface area contributed by atoms with Gasteiger partial charge < -0.3 is 4.52 Å². The molecule has 2 amide bonds. The summed E-state index contributed by atoms with van der Waals surface area (Å²) in [6.45, 7) is 0. The van der Waals surface area contributed by atoms with E-state index in [1.54, 1.807) is 24.3 Å². The average Bonchev–Trinajstić information content (AvgIpc) is 3.45. The van der Waals surface area contributed by atoms with Crippen molar-refractivity contribution in [3.63, 3.8) is 0 Å². The van der Waals surface area contributed by atoms with E-state index in [0.29, 0.717) is 17.0 Å². The third-order valence-electron chi connectivity index (χ3n) is 3.83. The van der Waals surface area contributed by atoms with Crippen molar-refractivity contribution >= 4 is 11.8 Å². The quantitative estimate of drug-likeness (QED) is 0.516. The molecule has 0 saturated heterocycles. The molecule has 0 fully saturated rings. The number of hydrogen-bond acceptors (Lipinski definition) is 7. The van der Waals surface area contributed by atoms with Crippen molar-refractivity contribution in [1.29, 1.82) is 0 Å². The van der Waals surface area contributed by atoms with E-state index in [9.17, 15) is 9.59 Å². The highest BCUT2D eigenvalue weighted by Crippen LogP contribution is 2.19. The van der Waals surface area contributed by atoms with Crippen LogP contribution in [-0.4, -0.2) is 37.2 Å². The molecular weight excluding hydrogens is 362 g/mol. The van der Waals surface area contributed by atoms with Crippen molar-refractivity contribution in [2.24, 2.45) is 0 Å². The van der Waals surface area contributed by atoms with Crippen LogP contribution in [0.1, 0.15) is 20.8 Å². The Balaban J connectivity index is 1.37. The summed E-state index contributed by atoms with van der Waals surface area (Å²) in [5.41, 5.74) is 6.53. The van der Waals surface area contributed by atoms with Gasteiger partial charge in [-0.15, -0.1) is 5.10 Å². The molecule has 10 nitrogen and oxygen atoms in total. The van der Waals surface area contributed by atoms with E-state index >= 15 is 0 Å². The molecule has 0 aliphatic rings. The summed E-state index contributed by atoms with van der Waals surface area (Å²) in [4.78, 5) is 24.3. The minimum Gasteiger partial charge on any atom is -0.355 e. The molecule has 4 aromatic rings. The van der Waals surface area contributed by atoms with Gasteiger partial charge in [0.2, 0.25) is 0 Å². The summed E-state index contributed by atoms with van der Waals surface area (Å²) in [6.07, 6.45) is 1.44. The Bertz CT molecular complexity index is 1090. The highest BCUT2D eigenvalue weighted by atomic mass is 16.5. The van der Waals surface area contributed by atoms with Gasteiger partial charge in [-0.25, -0.2) is 4.68 Å². The van der Waals surface area contributed by atoms with Crippen LogP contribution in [0.3, 0.4) is 0 Å². The molecule has 10 heteroatoms. The Kier molecular flexibility index (Phi) is 4.58. The molecule has 2 N–H and O–H groups in total. The van der Waals surface area contributed by atoms with E-state index in [4.69, 9.17) is 4.52 Å². The van der Waals surface area contributed by atoms with Crippen LogP contribution in [0.25, 0.3) is 17.0 Å². The van der Waals surface area contributed by atoms with Crippen molar-refractivity contribution in [1.82, 2.24) is 36.2 Å². The predicted molar refractivity (Wildman–Crippen MR) is 96.0 cm³/mol. The lowest BCUT2D eigenvalue weighted by Gasteiger charge is -2.06. The first kappa shape index (κ1) is 17.1. The fourth-order valence-electron chi connectivity index (χ4n) is 2.42. The van der Waals surface area contributed by atoms with E-state index in [2.05, 4.69) is 31.5 Å². The van der Waals surface area contributed by atoms with E-state index < -0.39 is 11.8 Å². The number of benzene rings is 2. The SMILES string of the molecule is O=C(NNC(=O)c1cc(-c2ccccc2)on1)c1ccc(-n2cnnn2)cc1. The lowest BCUT2D eigenvalue weighted by Crippen LogP contribution is -2.41. The molecule has 2 aromatic heterocycles. The first-order chi connectivity index (χ1) is 13.7. The van der Waals surface area contributed by atoms with Crippen LogP contribution >= 0.6 is 0 Å². The van der Waals surface area contributed by atoms with E-state index in [0.717, 1.165) is 5.56 Å². The molecule has 4 rings (SSSR count). The minimum absolute atomic E-state index is 0.0492. The van der Waals surface area contributed by atoms with Crippen LogP contribution in [0.2, 0.25) is 0 Å². The molecule has 0 saturated carbocycles. The van der Waals surface area contributed by atoms with Crippen molar-refractivity contribution in [2.75, 3.05) is 0 Å². The molecule has 0 bridgehead atoms. The molecule has 138 valence electrons. The zero-order chi connectivity index (χ0) is 19.3. The number of rotatable bonds is 4. The second-order valence-electron chi connectivity index (χ2n) is 5.65. The molecule has 0 spiro atoms. The molecule has 0 aliphatic heterocycles. The monoisotopic (exact) mass is 375 g/mol. The molecule has 28 heavy (non-hydrogen) atoms. The van der Waals surface area contributed by atoms with Crippen LogP contribution in [0, 0.1) is 0 Å². The van der Waals surface area contributed by atoms with Gasteiger partial charge in [0.1, 0.15) is 6.33 Å². The molecule has 2 aromatic carbocycles. The number of tetrazole rings is 1. The van der Waals surface area contributed by atoms with Gasteiger partial charge in [-0.3, -0.25) is 20.4 Å². The number of carbonyl (C=O) groups excluding carboxylic acids is 2. The normalized spacial score (nSPS) is 10.4. The first-order valence-electron chi connectivity index (χ1n) is 8.17. The van der Waals surface area contributed by atoms with E-state index in [1.807, 2.05) is 30.3 Å². The summed E-state index contributed by atoms with van der Waals surface area (Å²) >= 11 is 0. The first-order valence-corrected chi connectivity index (χ1v) is 8.17. The number of nitrogens with one attached hydrogen (secondary N) is 2. The lowest BCUT2D eigenvalue weighted by molar-refractivity contribution is 0.0841.